The molecule has 0 aromatic carbocycles. The van der Waals surface area contributed by atoms with Gasteiger partial charge in [0, 0.05) is 0 Å². The fourth-order valence-electron chi connectivity index (χ4n) is 0.313. The molecule has 1 heterocycles. The van der Waals surface area contributed by atoms with E-state index in [-0.39, 0.29) is 0 Å². The summed E-state index contributed by atoms with van der Waals surface area (Å²) >= 11 is 1.31. The number of allylic oxidation sites excluding steroid dienone is 3. The Balaban J connectivity index is 2.77. The topological polar surface area (TPSA) is 0 Å². The van der Waals surface area contributed by atoms with Crippen LogP contribution in [0.5, 0.6) is 0 Å². The van der Waals surface area contributed by atoms with E-state index in [2.05, 4.69) is 10.8 Å². The van der Waals surface area contributed by atoms with Crippen LogP contribution in [0, 0.1) is 0 Å². The molecule has 0 atom stereocenters. The predicted octanol–water partition coefficient (Wildman–Crippen LogP) is 1.34. The van der Waals surface area contributed by atoms with Gasteiger partial charge >= 0.3 is 0 Å². The summed E-state index contributed by atoms with van der Waals surface area (Å²) in [5.74, 6) is 0. The van der Waals surface area contributed by atoms with E-state index in [9.17, 15) is 0 Å². The molecule has 0 aromatic heterocycles. The second-order valence-corrected chi connectivity index (χ2v) is 1.92. The normalized spacial score (nSPS) is 17.3. The molecule has 6 heavy (non-hydrogen) atoms. The molecule has 0 aliphatic carbocycles. The van der Waals surface area contributed by atoms with Gasteiger partial charge in [0.25, 0.3) is 0 Å². The van der Waals surface area contributed by atoms with Gasteiger partial charge in [0.05, 0.1) is 0 Å². The first kappa shape index (κ1) is 3.88. The van der Waals surface area contributed by atoms with E-state index in [1.54, 1.807) is 0 Å². The molecule has 0 aromatic rings. The van der Waals surface area contributed by atoms with Crippen molar-refractivity contribution in [3.63, 3.8) is 0 Å². The van der Waals surface area contributed by atoms with Crippen molar-refractivity contribution in [2.24, 2.45) is 0 Å². The third kappa shape index (κ3) is 0.830. The molecule has 1 aliphatic heterocycles. The highest BCUT2D eigenvalue weighted by atomic mass is 32.1. The van der Waals surface area contributed by atoms with Crippen molar-refractivity contribution in [2.75, 3.05) is 0 Å². The van der Waals surface area contributed by atoms with Gasteiger partial charge in [-0.25, -0.2) is 0 Å². The first-order chi connectivity index (χ1) is 3.00. The average Bonchev–Trinajstić information content (AvgIpc) is 1.72. The van der Waals surface area contributed by atoms with Crippen molar-refractivity contribution < 1.29 is 0 Å². The molecule has 0 unspecified atom stereocenters. The van der Waals surface area contributed by atoms with Crippen molar-refractivity contribution >= 4 is 16.7 Å². The summed E-state index contributed by atoms with van der Waals surface area (Å²) in [4.78, 5) is 0. The molecule has 0 saturated heterocycles. The Hall–Kier alpha value is -0.300. The van der Waals surface area contributed by atoms with Gasteiger partial charge in [0.15, 0.2) is 0 Å². The third-order valence-corrected chi connectivity index (χ3v) is 1.26. The molecular weight excluding hydrogens is 92.1 g/mol. The van der Waals surface area contributed by atoms with E-state index >= 15 is 0 Å². The van der Waals surface area contributed by atoms with E-state index < -0.39 is 0 Å². The smallest absolute Gasteiger partial charge is 0.0378 e. The highest BCUT2D eigenvalue weighted by Crippen LogP contribution is 1.92. The molecule has 0 radical (unpaired) electrons. The van der Waals surface area contributed by atoms with Crippen LogP contribution in [0.4, 0.5) is 0 Å². The average molecular weight is 98.2 g/mol. The van der Waals surface area contributed by atoms with Crippen LogP contribution in [0.15, 0.2) is 23.6 Å². The van der Waals surface area contributed by atoms with Crippen LogP contribution >= 0.6 is 11.4 Å². The van der Waals surface area contributed by atoms with Gasteiger partial charge in [-0.3, -0.25) is 0 Å². The summed E-state index contributed by atoms with van der Waals surface area (Å²) in [5, 5.41) is 4.19. The Bertz CT molecular complexity index is 73.3. The number of thiol groups is 1. The number of hydrogen-bond acceptors (Lipinski definition) is 0. The molecule has 0 amide bonds. The zero-order valence-electron chi connectivity index (χ0n) is 3.33. The Morgan fingerprint density at radius 3 is 2.17 bits per heavy atom. The van der Waals surface area contributed by atoms with Gasteiger partial charge < -0.3 is 0 Å². The van der Waals surface area contributed by atoms with Crippen molar-refractivity contribution in [1.29, 1.82) is 0 Å². The van der Waals surface area contributed by atoms with Gasteiger partial charge in [0.1, 0.15) is 0 Å². The van der Waals surface area contributed by atoms with E-state index in [1.165, 1.54) is 11.4 Å². The van der Waals surface area contributed by atoms with Crippen LogP contribution in [-0.4, -0.2) is 5.37 Å². The van der Waals surface area contributed by atoms with Crippen LogP contribution in [0.3, 0.4) is 0 Å². The van der Waals surface area contributed by atoms with Crippen molar-refractivity contribution in [2.45, 2.75) is 0 Å². The Morgan fingerprint density at radius 1 is 1.00 bits per heavy atom. The van der Waals surface area contributed by atoms with Crippen LogP contribution in [0.1, 0.15) is 0 Å². The zero-order chi connectivity index (χ0) is 4.24. The standard InChI is InChI=1S/C5H6S/c1-2-4-6-5-3-1/h1-6H. The molecule has 0 fully saturated rings. The minimum absolute atomic E-state index is 1.31. The molecule has 0 bridgehead atoms. The lowest BCUT2D eigenvalue weighted by atomic mass is 10.5. The second-order valence-electron chi connectivity index (χ2n) is 1.02. The highest BCUT2D eigenvalue weighted by molar-refractivity contribution is 8.00. The molecular formula is C5H6S. The van der Waals surface area contributed by atoms with Crippen LogP contribution in [0.25, 0.3) is 0 Å². The van der Waals surface area contributed by atoms with Crippen LogP contribution < -0.4 is 0 Å². The van der Waals surface area contributed by atoms with E-state index in [0.717, 1.165) is 0 Å². The minimum Gasteiger partial charge on any atom is -0.176 e. The SMILES string of the molecule is C1=CC=[SH]C=C1. The Labute approximate surface area is 41.1 Å². The zero-order valence-corrected chi connectivity index (χ0v) is 4.23. The van der Waals surface area contributed by atoms with E-state index in [4.69, 9.17) is 0 Å². The second kappa shape index (κ2) is 1.98. The van der Waals surface area contributed by atoms with E-state index in [0.29, 0.717) is 0 Å². The lowest BCUT2D eigenvalue weighted by molar-refractivity contribution is 2.07. The third-order valence-electron chi connectivity index (χ3n) is 0.566. The summed E-state index contributed by atoms with van der Waals surface area (Å²) in [5.41, 5.74) is 0. The minimum atomic E-state index is 1.31. The molecule has 0 N–H and O–H groups in total. The molecule has 0 saturated carbocycles. The fourth-order valence-corrected chi connectivity index (χ4v) is 0.810. The molecule has 1 heteroatoms. The lowest BCUT2D eigenvalue weighted by Crippen LogP contribution is -1.58. The van der Waals surface area contributed by atoms with Crippen molar-refractivity contribution in [1.82, 2.24) is 0 Å². The number of rotatable bonds is 0. The van der Waals surface area contributed by atoms with Gasteiger partial charge in [0.2, 0.25) is 0 Å². The van der Waals surface area contributed by atoms with Crippen molar-refractivity contribution in [3.05, 3.63) is 23.6 Å². The first-order valence-electron chi connectivity index (χ1n) is 1.85. The highest BCUT2D eigenvalue weighted by Gasteiger charge is 1.64. The summed E-state index contributed by atoms with van der Waals surface area (Å²) in [7, 11) is 0. The van der Waals surface area contributed by atoms with Crippen LogP contribution in [-0.2, 0) is 0 Å². The Morgan fingerprint density at radius 2 is 2.00 bits per heavy atom. The maximum Gasteiger partial charge on any atom is -0.0378 e. The molecule has 0 spiro atoms. The van der Waals surface area contributed by atoms with Gasteiger partial charge in [-0.1, -0.05) is 18.2 Å². The molecule has 1 aliphatic rings. The first-order valence-corrected chi connectivity index (χ1v) is 2.88. The van der Waals surface area contributed by atoms with Crippen molar-refractivity contribution in [3.8, 4) is 0 Å². The van der Waals surface area contributed by atoms with Gasteiger partial charge in [-0.2, -0.15) is 11.4 Å². The summed E-state index contributed by atoms with van der Waals surface area (Å²) < 4.78 is 0. The predicted molar refractivity (Wildman–Crippen MR) is 33.3 cm³/mol. The van der Waals surface area contributed by atoms with Gasteiger partial charge in [-0.05, 0) is 10.8 Å². The quantitative estimate of drug-likeness (QED) is 0.343. The molecule has 0 nitrogen and oxygen atoms in total. The monoisotopic (exact) mass is 98.0 g/mol. The van der Waals surface area contributed by atoms with Gasteiger partial charge in [-0.15, -0.1) is 0 Å². The molecule has 32 valence electrons. The lowest BCUT2D eigenvalue weighted by Gasteiger charge is -1.78. The Kier molecular flexibility index (Phi) is 1.28. The van der Waals surface area contributed by atoms with E-state index in [1.807, 2.05) is 18.2 Å². The number of hydrogen-bond donors (Lipinski definition) is 1. The summed E-state index contributed by atoms with van der Waals surface area (Å²) in [6.45, 7) is 0. The van der Waals surface area contributed by atoms with Crippen LogP contribution in [0.2, 0.25) is 0 Å². The fraction of sp³-hybridized carbons (Fsp3) is 0. The summed E-state index contributed by atoms with van der Waals surface area (Å²) in [6, 6.07) is 0. The summed E-state index contributed by atoms with van der Waals surface area (Å²) in [6.07, 6.45) is 6.11. The largest absolute Gasteiger partial charge is 0.176 e. The molecule has 1 rings (SSSR count). The maximum absolute atomic E-state index is 2.10. The maximum atomic E-state index is 2.10.